The van der Waals surface area contributed by atoms with Crippen LogP contribution in [0.3, 0.4) is 0 Å². The summed E-state index contributed by atoms with van der Waals surface area (Å²) in [7, 11) is 1.57. The summed E-state index contributed by atoms with van der Waals surface area (Å²) >= 11 is 0. The highest BCUT2D eigenvalue weighted by atomic mass is 16.5. The van der Waals surface area contributed by atoms with Crippen LogP contribution in [0.4, 0.5) is 11.4 Å². The van der Waals surface area contributed by atoms with Crippen LogP contribution in [0.15, 0.2) is 42.5 Å². The largest absolute Gasteiger partial charge is 0.496 e. The fourth-order valence-electron chi connectivity index (χ4n) is 2.11. The first-order valence-corrected chi connectivity index (χ1v) is 6.14. The predicted molar refractivity (Wildman–Crippen MR) is 77.5 cm³/mol. The fourth-order valence-corrected chi connectivity index (χ4v) is 2.11. The molecule has 3 heteroatoms. The Morgan fingerprint density at radius 2 is 1.79 bits per heavy atom. The Hall–Kier alpha value is -2.29. The molecule has 19 heavy (non-hydrogen) atoms. The number of anilines is 2. The molecule has 2 aromatic carbocycles. The molecule has 0 amide bonds. The molecule has 2 aromatic rings. The number of carbonyl (C=O) groups is 1. The van der Waals surface area contributed by atoms with E-state index in [-0.39, 0.29) is 5.78 Å². The van der Waals surface area contributed by atoms with E-state index in [0.29, 0.717) is 11.3 Å². The van der Waals surface area contributed by atoms with Crippen molar-refractivity contribution in [2.45, 2.75) is 13.8 Å². The first-order valence-electron chi connectivity index (χ1n) is 6.14. The molecule has 0 radical (unpaired) electrons. The Balaban J connectivity index is 2.43. The maximum Gasteiger partial charge on any atom is 0.163 e. The van der Waals surface area contributed by atoms with Gasteiger partial charge in [-0.2, -0.15) is 0 Å². The summed E-state index contributed by atoms with van der Waals surface area (Å²) < 4.78 is 5.24. The quantitative estimate of drug-likeness (QED) is 0.841. The van der Waals surface area contributed by atoms with Crippen molar-refractivity contribution in [3.8, 4) is 5.75 Å². The molecule has 0 aliphatic carbocycles. The Bertz CT molecular complexity index is 591. The fraction of sp³-hybridized carbons (Fsp3) is 0.188. The van der Waals surface area contributed by atoms with Crippen LogP contribution in [0.1, 0.15) is 22.8 Å². The van der Waals surface area contributed by atoms with Gasteiger partial charge in [-0.15, -0.1) is 0 Å². The molecular formula is C16H17NO2. The number of nitrogens with one attached hydrogen (secondary N) is 1. The normalized spacial score (nSPS) is 10.1. The van der Waals surface area contributed by atoms with Gasteiger partial charge in [-0.25, -0.2) is 0 Å². The number of para-hydroxylation sites is 1. The van der Waals surface area contributed by atoms with Gasteiger partial charge in [0.05, 0.1) is 12.7 Å². The Kier molecular flexibility index (Phi) is 3.85. The van der Waals surface area contributed by atoms with E-state index in [1.165, 1.54) is 0 Å². The van der Waals surface area contributed by atoms with Crippen molar-refractivity contribution in [2.24, 2.45) is 0 Å². The third-order valence-corrected chi connectivity index (χ3v) is 3.05. The second-order valence-electron chi connectivity index (χ2n) is 4.36. The van der Waals surface area contributed by atoms with E-state index in [1.54, 1.807) is 14.0 Å². The van der Waals surface area contributed by atoms with Gasteiger partial charge in [0.25, 0.3) is 0 Å². The molecule has 2 rings (SSSR count). The molecule has 0 spiro atoms. The van der Waals surface area contributed by atoms with Crippen LogP contribution in [0.5, 0.6) is 5.75 Å². The monoisotopic (exact) mass is 255 g/mol. The highest BCUT2D eigenvalue weighted by Gasteiger charge is 2.14. The van der Waals surface area contributed by atoms with Gasteiger partial charge in [0.15, 0.2) is 5.78 Å². The Morgan fingerprint density at radius 1 is 1.11 bits per heavy atom. The Labute approximate surface area is 113 Å². The lowest BCUT2D eigenvalue weighted by atomic mass is 10.0. The number of Topliss-reactive ketones (excluding diaryl/α,β-unsaturated/α-hetero) is 1. The van der Waals surface area contributed by atoms with Crippen molar-refractivity contribution in [1.82, 2.24) is 0 Å². The molecule has 0 fully saturated rings. The molecule has 0 unspecified atom stereocenters. The highest BCUT2D eigenvalue weighted by molar-refractivity contribution is 6.00. The van der Waals surface area contributed by atoms with Crippen molar-refractivity contribution in [3.05, 3.63) is 53.6 Å². The zero-order valence-electron chi connectivity index (χ0n) is 11.4. The van der Waals surface area contributed by atoms with Crippen LogP contribution in [0, 0.1) is 6.92 Å². The van der Waals surface area contributed by atoms with Crippen molar-refractivity contribution in [2.75, 3.05) is 12.4 Å². The first kappa shape index (κ1) is 13.1. The van der Waals surface area contributed by atoms with Crippen LogP contribution in [-0.4, -0.2) is 12.9 Å². The minimum atomic E-state index is 0.00561. The SMILES string of the molecule is COc1ccc(Nc2ccccc2)c(C)c1C(C)=O. The topological polar surface area (TPSA) is 38.3 Å². The minimum Gasteiger partial charge on any atom is -0.496 e. The number of rotatable bonds is 4. The number of hydrogen-bond donors (Lipinski definition) is 1. The van der Waals surface area contributed by atoms with E-state index < -0.39 is 0 Å². The van der Waals surface area contributed by atoms with Crippen molar-refractivity contribution < 1.29 is 9.53 Å². The summed E-state index contributed by atoms with van der Waals surface area (Å²) in [5.41, 5.74) is 3.43. The second kappa shape index (κ2) is 5.57. The molecular weight excluding hydrogens is 238 g/mol. The summed E-state index contributed by atoms with van der Waals surface area (Å²) in [5.74, 6) is 0.620. The molecule has 0 heterocycles. The second-order valence-corrected chi connectivity index (χ2v) is 4.36. The van der Waals surface area contributed by atoms with Gasteiger partial charge in [0.1, 0.15) is 5.75 Å². The lowest BCUT2D eigenvalue weighted by Crippen LogP contribution is -2.04. The van der Waals surface area contributed by atoms with E-state index in [0.717, 1.165) is 16.9 Å². The number of ether oxygens (including phenoxy) is 1. The average molecular weight is 255 g/mol. The van der Waals surface area contributed by atoms with Gasteiger partial charge in [0, 0.05) is 11.4 Å². The zero-order chi connectivity index (χ0) is 13.8. The van der Waals surface area contributed by atoms with Crippen LogP contribution in [0.25, 0.3) is 0 Å². The number of carbonyl (C=O) groups excluding carboxylic acids is 1. The molecule has 0 saturated carbocycles. The Morgan fingerprint density at radius 3 is 2.37 bits per heavy atom. The molecule has 98 valence electrons. The third kappa shape index (κ3) is 2.76. The molecule has 1 N–H and O–H groups in total. The molecule has 0 aromatic heterocycles. The summed E-state index contributed by atoms with van der Waals surface area (Å²) in [6, 6.07) is 13.6. The summed E-state index contributed by atoms with van der Waals surface area (Å²) in [6.07, 6.45) is 0. The maximum atomic E-state index is 11.7. The summed E-state index contributed by atoms with van der Waals surface area (Å²) in [6.45, 7) is 3.47. The molecule has 0 atom stereocenters. The molecule has 0 aliphatic rings. The average Bonchev–Trinajstić information content (AvgIpc) is 2.41. The summed E-state index contributed by atoms with van der Waals surface area (Å²) in [4.78, 5) is 11.7. The number of methoxy groups -OCH3 is 1. The van der Waals surface area contributed by atoms with Gasteiger partial charge in [-0.05, 0) is 43.7 Å². The van der Waals surface area contributed by atoms with Crippen LogP contribution >= 0.6 is 0 Å². The lowest BCUT2D eigenvalue weighted by Gasteiger charge is -2.15. The summed E-state index contributed by atoms with van der Waals surface area (Å²) in [5, 5.41) is 3.31. The zero-order valence-corrected chi connectivity index (χ0v) is 11.4. The number of hydrogen-bond acceptors (Lipinski definition) is 3. The molecule has 0 bridgehead atoms. The lowest BCUT2D eigenvalue weighted by molar-refractivity contribution is 0.101. The van der Waals surface area contributed by atoms with Crippen LogP contribution in [0.2, 0.25) is 0 Å². The van der Waals surface area contributed by atoms with Gasteiger partial charge in [0.2, 0.25) is 0 Å². The first-order chi connectivity index (χ1) is 9.13. The van der Waals surface area contributed by atoms with Crippen molar-refractivity contribution in [1.29, 1.82) is 0 Å². The number of ketones is 1. The maximum absolute atomic E-state index is 11.7. The van der Waals surface area contributed by atoms with Gasteiger partial charge < -0.3 is 10.1 Å². The number of benzene rings is 2. The van der Waals surface area contributed by atoms with Gasteiger partial charge in [-0.1, -0.05) is 18.2 Å². The van der Waals surface area contributed by atoms with Crippen molar-refractivity contribution >= 4 is 17.2 Å². The predicted octanol–water partition coefficient (Wildman–Crippen LogP) is 3.95. The minimum absolute atomic E-state index is 0.00561. The van der Waals surface area contributed by atoms with Gasteiger partial charge in [-0.3, -0.25) is 4.79 Å². The smallest absolute Gasteiger partial charge is 0.163 e. The highest BCUT2D eigenvalue weighted by Crippen LogP contribution is 2.30. The van der Waals surface area contributed by atoms with E-state index in [2.05, 4.69) is 5.32 Å². The van der Waals surface area contributed by atoms with Crippen molar-refractivity contribution in [3.63, 3.8) is 0 Å². The molecule has 0 saturated heterocycles. The van der Waals surface area contributed by atoms with E-state index in [1.807, 2.05) is 49.4 Å². The third-order valence-electron chi connectivity index (χ3n) is 3.05. The van der Waals surface area contributed by atoms with Crippen LogP contribution in [-0.2, 0) is 0 Å². The van der Waals surface area contributed by atoms with Crippen LogP contribution < -0.4 is 10.1 Å². The van der Waals surface area contributed by atoms with E-state index in [4.69, 9.17) is 4.74 Å². The van der Waals surface area contributed by atoms with Gasteiger partial charge >= 0.3 is 0 Å². The molecule has 3 nitrogen and oxygen atoms in total. The molecule has 0 aliphatic heterocycles. The van der Waals surface area contributed by atoms with E-state index >= 15 is 0 Å². The van der Waals surface area contributed by atoms with E-state index in [9.17, 15) is 4.79 Å². The standard InChI is InChI=1S/C16H17NO2/c1-11-14(17-13-7-5-4-6-8-13)9-10-15(19-3)16(11)12(2)18/h4-10,17H,1-3H3.